The van der Waals surface area contributed by atoms with Gasteiger partial charge in [-0.15, -0.1) is 22.7 Å². The first kappa shape index (κ1) is 93.9. The van der Waals surface area contributed by atoms with E-state index in [2.05, 4.69) is 418 Å². The van der Waals surface area contributed by atoms with E-state index in [4.69, 9.17) is 51.8 Å². The first-order chi connectivity index (χ1) is 71.0. The van der Waals surface area contributed by atoms with Crippen molar-refractivity contribution >= 4 is 241 Å². The molecule has 12 nitrogen and oxygen atoms in total. The second kappa shape index (κ2) is 38.5. The van der Waals surface area contributed by atoms with Crippen molar-refractivity contribution < 1.29 is 31.9 Å². The average Bonchev–Trinajstić information content (AvgIpc) is 1.66. The van der Waals surface area contributed by atoms with Gasteiger partial charge in [-0.25, -0.2) is 0 Å². The van der Waals surface area contributed by atoms with Crippen molar-refractivity contribution in [2.45, 2.75) is 77.8 Å². The lowest BCUT2D eigenvalue weighted by Crippen LogP contribution is -2.41. The second-order valence-corrected chi connectivity index (χ2v) is 44.1. The Morgan fingerprint density at radius 2 is 0.521 bits per heavy atom. The van der Waals surface area contributed by atoms with E-state index in [0.717, 1.165) is 164 Å². The zero-order chi connectivity index (χ0) is 99.3. The van der Waals surface area contributed by atoms with Gasteiger partial charge >= 0.3 is 14.2 Å². The molecule has 19 heteroatoms. The van der Waals surface area contributed by atoms with Gasteiger partial charge in [-0.3, -0.25) is 24.9 Å². The van der Waals surface area contributed by atoms with Crippen molar-refractivity contribution in [3.8, 4) is 89.7 Å². The molecular weight excluding hydrogens is 2080 g/mol. The van der Waals surface area contributed by atoms with Gasteiger partial charge in [0, 0.05) is 172 Å². The molecule has 28 rings (SSSR count). The van der Waals surface area contributed by atoms with Crippen LogP contribution >= 0.6 is 77.1 Å². The molecule has 0 aliphatic carbocycles. The molecule has 0 unspecified atom stereocenters. The van der Waals surface area contributed by atoms with E-state index >= 15 is 0 Å². The van der Waals surface area contributed by atoms with E-state index in [1.807, 2.05) is 133 Å². The van der Waals surface area contributed by atoms with Gasteiger partial charge in [0.25, 0.3) is 0 Å². The normalized spacial score (nSPS) is 14.1. The summed E-state index contributed by atoms with van der Waals surface area (Å²) in [7, 11) is -0.791. The van der Waals surface area contributed by atoms with Crippen LogP contribution in [0.3, 0.4) is 0 Å². The Kier molecular flexibility index (Phi) is 24.8. The Morgan fingerprint density at radius 1 is 0.240 bits per heavy atom. The number of nitrogens with zero attached hydrogens (tertiary/aromatic N) is 5. The predicted molar refractivity (Wildman–Crippen MR) is 624 cm³/mol. The summed E-state index contributed by atoms with van der Waals surface area (Å²) >= 11 is 13.0. The van der Waals surface area contributed by atoms with Gasteiger partial charge in [-0.05, 0) is 260 Å². The number of rotatable bonds is 10. The summed E-state index contributed by atoms with van der Waals surface area (Å²) in [6.45, 7) is 16.5. The van der Waals surface area contributed by atoms with Crippen molar-refractivity contribution in [3.05, 3.63) is 426 Å². The Morgan fingerprint density at radius 3 is 0.870 bits per heavy atom. The third-order valence-corrected chi connectivity index (χ3v) is 32.8. The zero-order valence-electron chi connectivity index (χ0n) is 81.0. The molecule has 16 aromatic carbocycles. The van der Waals surface area contributed by atoms with E-state index < -0.39 is 7.12 Å². The summed E-state index contributed by atoms with van der Waals surface area (Å²) in [5.41, 5.74) is 22.4. The van der Waals surface area contributed by atoms with Gasteiger partial charge in [0.2, 0.25) is 0 Å². The first-order valence-electron chi connectivity index (χ1n) is 48.6. The molecule has 2 aliphatic rings. The smallest absolute Gasteiger partial charge is 0.455 e. The van der Waals surface area contributed by atoms with Crippen LogP contribution in [-0.4, -0.2) is 61.6 Å². The number of hydrogen-bond acceptors (Lipinski definition) is 14. The number of aromatic nitrogens is 5. The minimum absolute atomic E-state index is 0.348. The molecule has 2 aliphatic heterocycles. The Balaban J connectivity index is 0.000000103. The fourth-order valence-corrected chi connectivity index (χ4v) is 23.2. The standard InChI is InChI=1S/C44H26N2OS.C27H16BrNO.C23H22BNO3.C23H22BNO2S.C10H6BrI/c1-3-13-41-33(7-1)35-9-5-11-37(43(35)47-41)39-21-19-30(25-45-39)28-17-15-27-16-18-29(24-32(27)23-28)31-20-22-40(46-26-31)38-12-6-10-36-34-8-2-4-14-42(34)48-44(36)38;28-21-12-10-17-8-9-18(14-20(17)15-21)19-11-13-25(29-16-19)24-6-3-5-23-22-4-1-2-7-26(22)30-27(23)24;1-22(2)23(3,4)28-24(27-22)15-12-13-19(25-14-15)18-10-7-9-17-16-8-5-6-11-20(16)26-21(17)18;1-22(2)23(3,4)27-24(26-22)15-12-13-19(25-14-15)18-10-7-9-17-16-8-5-6-11-20(16)28-21(17)18;11-9-3-1-7-2-4-10(12)6-8(7)5-9/h1-26H;1-16H;2*5-14H,1-4H3;1-6H. The Hall–Kier alpha value is -14.5. The molecule has 0 atom stereocenters. The van der Waals surface area contributed by atoms with Gasteiger partial charge in [-0.2, -0.15) is 0 Å². The highest BCUT2D eigenvalue weighted by Gasteiger charge is 2.53. The third-order valence-electron chi connectivity index (χ3n) is 28.7. The average molecular weight is 2170 g/mol. The number of benzene rings is 16. The van der Waals surface area contributed by atoms with Crippen LogP contribution in [0, 0.1) is 3.57 Å². The van der Waals surface area contributed by atoms with E-state index in [9.17, 15) is 0 Å². The summed E-state index contributed by atoms with van der Waals surface area (Å²) in [4.78, 5) is 24.1. The maximum atomic E-state index is 6.26. The maximum absolute atomic E-state index is 6.26. The van der Waals surface area contributed by atoms with E-state index in [1.54, 1.807) is 0 Å². The molecule has 0 N–H and O–H groups in total. The van der Waals surface area contributed by atoms with Gasteiger partial charge in [0.05, 0.1) is 50.9 Å². The van der Waals surface area contributed by atoms with Crippen molar-refractivity contribution in [1.82, 2.24) is 24.9 Å². The van der Waals surface area contributed by atoms with Crippen LogP contribution in [0.1, 0.15) is 55.4 Å². The van der Waals surface area contributed by atoms with Gasteiger partial charge < -0.3 is 31.9 Å². The van der Waals surface area contributed by atoms with Crippen LogP contribution in [0.15, 0.2) is 435 Å². The fourth-order valence-electron chi connectivity index (χ4n) is 19.5. The molecule has 0 amide bonds. The Labute approximate surface area is 882 Å². The molecule has 0 radical (unpaired) electrons. The van der Waals surface area contributed by atoms with Crippen LogP contribution in [0.25, 0.3) is 228 Å². The van der Waals surface area contributed by atoms with Gasteiger partial charge in [0.1, 0.15) is 33.5 Å². The number of pyridine rings is 5. The lowest BCUT2D eigenvalue weighted by Gasteiger charge is -2.32. The number of thiophene rings is 2. The largest absolute Gasteiger partial charge is 0.496 e. The molecule has 2 fully saturated rings. The summed E-state index contributed by atoms with van der Waals surface area (Å²) in [5.74, 6) is 0. The lowest BCUT2D eigenvalue weighted by molar-refractivity contribution is 0.00578. The van der Waals surface area contributed by atoms with Crippen LogP contribution in [0.4, 0.5) is 0 Å². The molecule has 2 saturated heterocycles. The van der Waals surface area contributed by atoms with Crippen LogP contribution in [0.2, 0.25) is 0 Å². The lowest BCUT2D eigenvalue weighted by atomic mass is 9.80. The van der Waals surface area contributed by atoms with Crippen LogP contribution in [-0.2, 0) is 18.6 Å². The van der Waals surface area contributed by atoms with Gasteiger partial charge in [-0.1, -0.05) is 281 Å². The molecule has 12 heterocycles. The molecule has 0 saturated carbocycles. The second-order valence-electron chi connectivity index (χ2n) is 38.9. The minimum atomic E-state index is -0.409. The maximum Gasteiger partial charge on any atom is 0.496 e. The van der Waals surface area contributed by atoms with Crippen molar-refractivity contribution in [2.24, 2.45) is 0 Å². The summed E-state index contributed by atoms with van der Waals surface area (Å²) < 4.78 is 51.8. The van der Waals surface area contributed by atoms with E-state index in [1.165, 1.54) is 87.4 Å². The highest BCUT2D eigenvalue weighted by molar-refractivity contribution is 14.1. The summed E-state index contributed by atoms with van der Waals surface area (Å²) in [5, 5.41) is 19.3. The molecule has 0 spiro atoms. The molecule has 706 valence electrons. The fraction of sp³-hybridized carbons (Fsp3) is 0.0945. The number of furan rings is 3. The summed E-state index contributed by atoms with van der Waals surface area (Å²) in [6.07, 6.45) is 9.61. The molecule has 10 aromatic heterocycles. The quantitative estimate of drug-likeness (QED) is 0.0950. The molecule has 26 aromatic rings. The van der Waals surface area contributed by atoms with Crippen molar-refractivity contribution in [3.63, 3.8) is 0 Å². The summed E-state index contributed by atoms with van der Waals surface area (Å²) in [6, 6.07) is 133. The highest BCUT2D eigenvalue weighted by Crippen LogP contribution is 2.47. The minimum Gasteiger partial charge on any atom is -0.455 e. The van der Waals surface area contributed by atoms with Crippen molar-refractivity contribution in [2.75, 3.05) is 0 Å². The van der Waals surface area contributed by atoms with Crippen LogP contribution in [0.5, 0.6) is 0 Å². The van der Waals surface area contributed by atoms with E-state index in [-0.39, 0.29) is 29.5 Å². The first-order valence-corrected chi connectivity index (χ1v) is 52.9. The predicted octanol–water partition coefficient (Wildman–Crippen LogP) is 35.4. The van der Waals surface area contributed by atoms with E-state index in [0.29, 0.717) is 0 Å². The number of para-hydroxylation sites is 6. The Bertz CT molecular complexity index is 9090. The zero-order valence-corrected chi connectivity index (χ0v) is 87.9. The topological polar surface area (TPSA) is 141 Å². The van der Waals surface area contributed by atoms with Crippen LogP contribution < -0.4 is 10.9 Å². The molecule has 0 bridgehead atoms. The highest BCUT2D eigenvalue weighted by atomic mass is 127. The number of fused-ring (bicyclic) bond motifs is 18. The van der Waals surface area contributed by atoms with Crippen molar-refractivity contribution in [1.29, 1.82) is 0 Å². The number of hydrogen-bond donors (Lipinski definition) is 0. The third kappa shape index (κ3) is 18.0. The van der Waals surface area contributed by atoms with Gasteiger partial charge in [0.15, 0.2) is 0 Å². The monoisotopic (exact) mass is 2170 g/mol. The molecular formula is C127H92B2Br2IN5O7S2. The number of halogens is 3. The SMILES string of the molecule is Brc1ccc2ccc(-c3ccc(-c4cccc5c4oc4ccccc45)nc3)cc2c1.Brc1ccc2ccc(I)cc2c1.CC1(C)OB(c2ccc(-c3cccc4c3oc3ccccc34)nc2)OC1(C)C.CC1(C)OB(c2ccc(-c3cccc4c3sc3ccccc34)nc2)OC1(C)C.c1ccc2c(c1)oc1c(-c3ccc(-c4ccc5ccc(-c6ccc(-c7cccc8c7sc7ccccc78)nc6)cc5c4)cn3)cccc12. The molecule has 146 heavy (non-hydrogen) atoms.